The number of aromatic nitrogens is 1. The molecule has 0 spiro atoms. The summed E-state index contributed by atoms with van der Waals surface area (Å²) in [5.74, 6) is -0.649. The maximum Gasteiger partial charge on any atom is 0.308 e. The van der Waals surface area contributed by atoms with Gasteiger partial charge in [0.2, 0.25) is 0 Å². The van der Waals surface area contributed by atoms with Gasteiger partial charge >= 0.3 is 5.97 Å². The van der Waals surface area contributed by atoms with Gasteiger partial charge in [0.05, 0.1) is 21.3 Å². The van der Waals surface area contributed by atoms with E-state index in [0.717, 1.165) is 0 Å². The first-order valence-electron chi connectivity index (χ1n) is 7.31. The van der Waals surface area contributed by atoms with E-state index in [1.54, 1.807) is 19.1 Å². The Labute approximate surface area is 153 Å². The number of benzene rings is 2. The molecule has 25 heavy (non-hydrogen) atoms. The van der Waals surface area contributed by atoms with E-state index in [9.17, 15) is 14.7 Å². The van der Waals surface area contributed by atoms with Crippen LogP contribution in [0.15, 0.2) is 36.4 Å². The van der Waals surface area contributed by atoms with Gasteiger partial charge in [0.1, 0.15) is 5.75 Å². The molecule has 0 aliphatic heterocycles. The minimum absolute atomic E-state index is 0.0000356. The molecule has 1 aromatic heterocycles. The van der Waals surface area contributed by atoms with E-state index in [-0.39, 0.29) is 22.4 Å². The SMILES string of the molecule is CC(=O)Oc1c(C)n(C(=O)c2ccc(Cl)c(Cl)c2)c2ccc(O)cc12. The van der Waals surface area contributed by atoms with Crippen LogP contribution in [0.3, 0.4) is 0 Å². The molecule has 5 nitrogen and oxygen atoms in total. The largest absolute Gasteiger partial charge is 0.508 e. The van der Waals surface area contributed by atoms with E-state index < -0.39 is 5.97 Å². The van der Waals surface area contributed by atoms with Crippen molar-refractivity contribution in [2.75, 3.05) is 0 Å². The van der Waals surface area contributed by atoms with Crippen LogP contribution in [0.25, 0.3) is 10.9 Å². The number of rotatable bonds is 2. The maximum absolute atomic E-state index is 13.0. The highest BCUT2D eigenvalue weighted by molar-refractivity contribution is 6.42. The molecule has 0 radical (unpaired) electrons. The second-order valence-corrected chi connectivity index (χ2v) is 6.29. The smallest absolute Gasteiger partial charge is 0.308 e. The van der Waals surface area contributed by atoms with Gasteiger partial charge < -0.3 is 9.84 Å². The number of halogens is 2. The first kappa shape index (κ1) is 17.3. The summed E-state index contributed by atoms with van der Waals surface area (Å²) in [6.07, 6.45) is 0. The van der Waals surface area contributed by atoms with Gasteiger partial charge in [-0.25, -0.2) is 0 Å². The van der Waals surface area contributed by atoms with Crippen LogP contribution < -0.4 is 4.74 Å². The number of aromatic hydroxyl groups is 1. The maximum atomic E-state index is 13.0. The molecule has 0 bridgehead atoms. The fraction of sp³-hybridized carbons (Fsp3) is 0.111. The van der Waals surface area contributed by atoms with Gasteiger partial charge in [-0.3, -0.25) is 14.2 Å². The third-order valence-corrected chi connectivity index (χ3v) is 4.48. The Hall–Kier alpha value is -2.50. The van der Waals surface area contributed by atoms with Gasteiger partial charge in [0.25, 0.3) is 5.91 Å². The zero-order chi connectivity index (χ0) is 18.3. The van der Waals surface area contributed by atoms with Crippen molar-refractivity contribution in [3.8, 4) is 11.5 Å². The molecule has 0 aliphatic carbocycles. The van der Waals surface area contributed by atoms with E-state index in [4.69, 9.17) is 27.9 Å². The highest BCUT2D eigenvalue weighted by atomic mass is 35.5. The molecular formula is C18H13Cl2NO4. The molecule has 7 heteroatoms. The van der Waals surface area contributed by atoms with Gasteiger partial charge in [-0.15, -0.1) is 0 Å². The lowest BCUT2D eigenvalue weighted by Crippen LogP contribution is -2.14. The summed E-state index contributed by atoms with van der Waals surface area (Å²) in [5.41, 5.74) is 1.27. The number of phenols is 1. The van der Waals surface area contributed by atoms with Crippen LogP contribution in [0.4, 0.5) is 0 Å². The summed E-state index contributed by atoms with van der Waals surface area (Å²) in [7, 11) is 0. The van der Waals surface area contributed by atoms with Crippen molar-refractivity contribution >= 4 is 46.0 Å². The lowest BCUT2D eigenvalue weighted by molar-refractivity contribution is -0.131. The van der Waals surface area contributed by atoms with Crippen molar-refractivity contribution in [1.29, 1.82) is 0 Å². The molecule has 3 aromatic rings. The summed E-state index contributed by atoms with van der Waals surface area (Å²) in [6, 6.07) is 9.06. The van der Waals surface area contributed by atoms with Crippen molar-refractivity contribution in [1.82, 2.24) is 4.57 Å². The molecule has 3 rings (SSSR count). The molecule has 0 aliphatic rings. The van der Waals surface area contributed by atoms with E-state index in [1.165, 1.54) is 35.8 Å². The predicted octanol–water partition coefficient (Wildman–Crippen LogP) is 4.58. The lowest BCUT2D eigenvalue weighted by Gasteiger charge is -2.08. The number of carbonyl (C=O) groups excluding carboxylic acids is 2. The molecule has 0 saturated carbocycles. The second kappa shape index (κ2) is 6.43. The molecule has 0 amide bonds. The van der Waals surface area contributed by atoms with Gasteiger partial charge in [0.15, 0.2) is 5.75 Å². The standard InChI is InChI=1S/C18H13Cl2NO4/c1-9-17(25-10(2)22)13-8-12(23)4-6-16(13)21(9)18(24)11-3-5-14(19)15(20)7-11/h3-8,23H,1-2H3. The van der Waals surface area contributed by atoms with Crippen molar-refractivity contribution < 1.29 is 19.4 Å². The number of ether oxygens (including phenoxy) is 1. The van der Waals surface area contributed by atoms with Crippen LogP contribution >= 0.6 is 23.2 Å². The average molecular weight is 378 g/mol. The quantitative estimate of drug-likeness (QED) is 0.663. The zero-order valence-corrected chi connectivity index (χ0v) is 14.9. The summed E-state index contributed by atoms with van der Waals surface area (Å²) in [4.78, 5) is 24.4. The van der Waals surface area contributed by atoms with E-state index in [1.807, 2.05) is 0 Å². The number of phenolic OH excluding ortho intramolecular Hbond substituents is 1. The van der Waals surface area contributed by atoms with Crippen molar-refractivity contribution in [2.24, 2.45) is 0 Å². The minimum Gasteiger partial charge on any atom is -0.508 e. The monoisotopic (exact) mass is 377 g/mol. The van der Waals surface area contributed by atoms with Crippen LogP contribution in [0, 0.1) is 6.92 Å². The van der Waals surface area contributed by atoms with Crippen LogP contribution in [0.5, 0.6) is 11.5 Å². The van der Waals surface area contributed by atoms with Crippen LogP contribution in [-0.2, 0) is 4.79 Å². The topological polar surface area (TPSA) is 68.5 Å². The van der Waals surface area contributed by atoms with Gasteiger partial charge in [0, 0.05) is 17.9 Å². The van der Waals surface area contributed by atoms with E-state index in [0.29, 0.717) is 27.2 Å². The number of fused-ring (bicyclic) bond motifs is 1. The first-order chi connectivity index (χ1) is 11.8. The highest BCUT2D eigenvalue weighted by Gasteiger charge is 2.22. The Morgan fingerprint density at radius 2 is 1.80 bits per heavy atom. The first-order valence-corrected chi connectivity index (χ1v) is 8.07. The number of carbonyl (C=O) groups is 2. The Kier molecular flexibility index (Phi) is 4.45. The second-order valence-electron chi connectivity index (χ2n) is 5.48. The predicted molar refractivity (Wildman–Crippen MR) is 95.8 cm³/mol. The fourth-order valence-corrected chi connectivity index (χ4v) is 2.97. The van der Waals surface area contributed by atoms with Gasteiger partial charge in [-0.2, -0.15) is 0 Å². The number of hydrogen-bond donors (Lipinski definition) is 1. The number of esters is 1. The Morgan fingerprint density at radius 1 is 1.08 bits per heavy atom. The summed E-state index contributed by atoms with van der Waals surface area (Å²) < 4.78 is 6.66. The van der Waals surface area contributed by atoms with Gasteiger partial charge in [-0.1, -0.05) is 23.2 Å². The van der Waals surface area contributed by atoms with Crippen molar-refractivity contribution in [3.63, 3.8) is 0 Å². The third kappa shape index (κ3) is 3.08. The minimum atomic E-state index is -0.521. The van der Waals surface area contributed by atoms with E-state index >= 15 is 0 Å². The average Bonchev–Trinajstić information content (AvgIpc) is 2.81. The summed E-state index contributed by atoms with van der Waals surface area (Å²) in [6.45, 7) is 2.93. The summed E-state index contributed by atoms with van der Waals surface area (Å²) >= 11 is 11.9. The highest BCUT2D eigenvalue weighted by Crippen LogP contribution is 2.36. The Morgan fingerprint density at radius 3 is 2.44 bits per heavy atom. The molecule has 0 saturated heterocycles. The third-order valence-electron chi connectivity index (χ3n) is 3.75. The number of hydrogen-bond acceptors (Lipinski definition) is 4. The fourth-order valence-electron chi connectivity index (χ4n) is 2.67. The molecule has 0 unspecified atom stereocenters. The molecule has 0 atom stereocenters. The molecule has 1 heterocycles. The molecule has 0 fully saturated rings. The zero-order valence-electron chi connectivity index (χ0n) is 13.3. The Bertz CT molecular complexity index is 1020. The number of nitrogens with zero attached hydrogens (tertiary/aromatic N) is 1. The van der Waals surface area contributed by atoms with Crippen LogP contribution in [0.2, 0.25) is 10.0 Å². The van der Waals surface area contributed by atoms with Crippen molar-refractivity contribution in [3.05, 3.63) is 57.7 Å². The van der Waals surface area contributed by atoms with Crippen LogP contribution in [-0.4, -0.2) is 21.6 Å². The molecule has 1 N–H and O–H groups in total. The van der Waals surface area contributed by atoms with E-state index in [2.05, 4.69) is 0 Å². The Balaban J connectivity index is 2.24. The van der Waals surface area contributed by atoms with Crippen LogP contribution in [0.1, 0.15) is 23.0 Å². The van der Waals surface area contributed by atoms with Crippen molar-refractivity contribution in [2.45, 2.75) is 13.8 Å². The summed E-state index contributed by atoms with van der Waals surface area (Å²) in [5, 5.41) is 10.8. The molecule has 128 valence electrons. The van der Waals surface area contributed by atoms with Gasteiger partial charge in [-0.05, 0) is 43.3 Å². The normalized spacial score (nSPS) is 10.9. The lowest BCUT2D eigenvalue weighted by atomic mass is 10.2. The molecular weight excluding hydrogens is 365 g/mol. The molecule has 2 aromatic carbocycles.